The van der Waals surface area contributed by atoms with Crippen LogP contribution in [0.5, 0.6) is 5.75 Å². The van der Waals surface area contributed by atoms with E-state index in [2.05, 4.69) is 42.5 Å². The Kier molecular flexibility index (Phi) is 6.99. The number of carbonyl (C=O) groups is 2. The fourth-order valence-electron chi connectivity index (χ4n) is 2.01. The molecule has 0 spiro atoms. The van der Waals surface area contributed by atoms with Crippen LogP contribution in [-0.2, 0) is 0 Å². The van der Waals surface area contributed by atoms with Crippen molar-refractivity contribution in [2.45, 2.75) is 0 Å². The molecule has 10 heteroatoms. The Bertz CT molecular complexity index is 908. The van der Waals surface area contributed by atoms with E-state index in [0.717, 1.165) is 0 Å². The monoisotopic (exact) mass is 520 g/mol. The maximum absolute atomic E-state index is 12.5. The van der Waals surface area contributed by atoms with Gasteiger partial charge in [0.05, 0.1) is 33.4 Å². The molecular weight excluding hydrogens is 512 g/mol. The molecule has 0 saturated carbocycles. The lowest BCUT2D eigenvalue weighted by Crippen LogP contribution is -2.34. The molecule has 0 bridgehead atoms. The Labute approximate surface area is 176 Å². The average Bonchev–Trinajstić information content (AvgIpc) is 2.55. The molecule has 2 aromatic carbocycles. The summed E-state index contributed by atoms with van der Waals surface area (Å²) in [5, 5.41) is 14.5. The van der Waals surface area contributed by atoms with E-state index in [4.69, 9.17) is 33.7 Å². The Balaban J connectivity index is 2.20. The van der Waals surface area contributed by atoms with Crippen LogP contribution in [0.25, 0.3) is 0 Å². The summed E-state index contributed by atoms with van der Waals surface area (Å²) >= 11 is 17.8. The Morgan fingerprint density at radius 2 is 1.92 bits per heavy atom. The maximum atomic E-state index is 12.5. The summed E-state index contributed by atoms with van der Waals surface area (Å²) in [6.07, 6.45) is 0. The number of carboxylic acid groups (broad SMARTS) is 1. The summed E-state index contributed by atoms with van der Waals surface area (Å²) < 4.78 is 6.50. The second kappa shape index (κ2) is 8.81. The van der Waals surface area contributed by atoms with Gasteiger partial charge < -0.3 is 15.2 Å². The number of halogens is 3. The molecule has 0 atom stereocenters. The summed E-state index contributed by atoms with van der Waals surface area (Å²) in [7, 11) is 1.44. The number of carbonyl (C=O) groups excluding carboxylic acids is 1. The van der Waals surface area contributed by atoms with Crippen molar-refractivity contribution in [2.75, 3.05) is 12.4 Å². The summed E-state index contributed by atoms with van der Waals surface area (Å²) in [6.45, 7) is 0. The van der Waals surface area contributed by atoms with Crippen LogP contribution in [-0.4, -0.2) is 29.2 Å². The van der Waals surface area contributed by atoms with Gasteiger partial charge >= 0.3 is 5.97 Å². The number of thiocarbonyl (C=S) groups is 1. The first-order chi connectivity index (χ1) is 12.2. The number of methoxy groups -OCH3 is 1. The van der Waals surface area contributed by atoms with Crippen molar-refractivity contribution in [1.29, 1.82) is 0 Å². The molecule has 0 aromatic heterocycles. The van der Waals surface area contributed by atoms with E-state index >= 15 is 0 Å². The van der Waals surface area contributed by atoms with Crippen LogP contribution in [0.1, 0.15) is 20.7 Å². The lowest BCUT2D eigenvalue weighted by molar-refractivity contribution is 0.0696. The van der Waals surface area contributed by atoms with Crippen LogP contribution in [0, 0.1) is 0 Å². The lowest BCUT2D eigenvalue weighted by Gasteiger charge is -2.14. The van der Waals surface area contributed by atoms with Crippen molar-refractivity contribution < 1.29 is 19.4 Å². The van der Waals surface area contributed by atoms with E-state index < -0.39 is 11.9 Å². The number of hydrogen-bond donors (Lipinski definition) is 3. The zero-order chi connectivity index (χ0) is 19.4. The van der Waals surface area contributed by atoms with Gasteiger partial charge in [-0.3, -0.25) is 10.1 Å². The second-order valence-corrected chi connectivity index (χ2v) is 7.46. The highest BCUT2D eigenvalue weighted by Gasteiger charge is 2.18. The van der Waals surface area contributed by atoms with Gasteiger partial charge in [-0.15, -0.1) is 0 Å². The summed E-state index contributed by atoms with van der Waals surface area (Å²) in [4.78, 5) is 23.6. The van der Waals surface area contributed by atoms with E-state index in [1.807, 2.05) is 0 Å². The first-order valence-corrected chi connectivity index (χ1v) is 9.28. The molecule has 0 saturated heterocycles. The van der Waals surface area contributed by atoms with E-state index in [1.54, 1.807) is 12.1 Å². The van der Waals surface area contributed by atoms with E-state index in [9.17, 15) is 9.59 Å². The fraction of sp³-hybridized carbons (Fsp3) is 0.0625. The molecule has 1 amide bonds. The second-order valence-electron chi connectivity index (χ2n) is 4.88. The number of benzene rings is 2. The van der Waals surface area contributed by atoms with Crippen LogP contribution in [0.3, 0.4) is 0 Å². The van der Waals surface area contributed by atoms with Crippen LogP contribution in [0.4, 0.5) is 5.69 Å². The zero-order valence-electron chi connectivity index (χ0n) is 13.1. The smallest absolute Gasteiger partial charge is 0.335 e. The van der Waals surface area contributed by atoms with Crippen molar-refractivity contribution in [3.05, 3.63) is 55.4 Å². The normalized spacial score (nSPS) is 10.2. The Morgan fingerprint density at radius 3 is 2.54 bits per heavy atom. The molecule has 0 aliphatic heterocycles. The van der Waals surface area contributed by atoms with Gasteiger partial charge in [-0.25, -0.2) is 4.79 Å². The van der Waals surface area contributed by atoms with Crippen molar-refractivity contribution in [1.82, 2.24) is 5.32 Å². The van der Waals surface area contributed by atoms with Gasteiger partial charge in [0.15, 0.2) is 5.11 Å². The molecule has 0 radical (unpaired) electrons. The third-order valence-corrected chi connectivity index (χ3v) is 4.73. The molecule has 0 aliphatic rings. The van der Waals surface area contributed by atoms with E-state index in [-0.39, 0.29) is 26.9 Å². The molecular formula is C16H11Br2ClN2O4S. The van der Waals surface area contributed by atoms with Gasteiger partial charge in [0.1, 0.15) is 5.75 Å². The molecule has 0 unspecified atom stereocenters. The predicted molar refractivity (Wildman–Crippen MR) is 110 cm³/mol. The van der Waals surface area contributed by atoms with Crippen molar-refractivity contribution in [2.24, 2.45) is 0 Å². The first kappa shape index (κ1) is 20.6. The van der Waals surface area contributed by atoms with Gasteiger partial charge in [0, 0.05) is 4.47 Å². The SMILES string of the molecule is COc1c(Br)cc(Br)cc1C(=O)NC(=S)Nc1cc(C(=O)O)ccc1Cl. The number of aromatic carboxylic acids is 1. The average molecular weight is 523 g/mol. The quantitative estimate of drug-likeness (QED) is 0.505. The maximum Gasteiger partial charge on any atom is 0.335 e. The highest BCUT2D eigenvalue weighted by Crippen LogP contribution is 2.32. The van der Waals surface area contributed by atoms with Gasteiger partial charge in [-0.05, 0) is 58.5 Å². The highest BCUT2D eigenvalue weighted by atomic mass is 79.9. The molecule has 6 nitrogen and oxygen atoms in total. The molecule has 0 heterocycles. The number of amides is 1. The minimum absolute atomic E-state index is 0.0311. The van der Waals surface area contributed by atoms with Crippen LogP contribution in [0.2, 0.25) is 5.02 Å². The minimum atomic E-state index is -1.11. The van der Waals surface area contributed by atoms with Gasteiger partial charge in [0.25, 0.3) is 5.91 Å². The Morgan fingerprint density at radius 1 is 1.23 bits per heavy atom. The number of carboxylic acids is 1. The third-order valence-electron chi connectivity index (χ3n) is 3.15. The zero-order valence-corrected chi connectivity index (χ0v) is 17.8. The first-order valence-electron chi connectivity index (χ1n) is 6.91. The predicted octanol–water partition coefficient (Wildman–Crippen LogP) is 4.70. The standard InChI is InChI=1S/C16H11Br2ClN2O4S/c1-25-13-9(5-8(17)6-10(13)18)14(22)21-16(26)20-12-4-7(15(23)24)2-3-11(12)19/h2-6H,1H3,(H,23,24)(H2,20,21,22,26). The molecule has 2 aromatic rings. The highest BCUT2D eigenvalue weighted by molar-refractivity contribution is 9.11. The number of ether oxygens (including phenoxy) is 1. The summed E-state index contributed by atoms with van der Waals surface area (Å²) in [6, 6.07) is 7.43. The largest absolute Gasteiger partial charge is 0.495 e. The van der Waals surface area contributed by atoms with Gasteiger partial charge in [-0.1, -0.05) is 27.5 Å². The molecule has 3 N–H and O–H groups in total. The lowest BCUT2D eigenvalue weighted by atomic mass is 10.2. The fourth-order valence-corrected chi connectivity index (χ4v) is 3.77. The van der Waals surface area contributed by atoms with E-state index in [1.165, 1.54) is 25.3 Å². The molecule has 136 valence electrons. The van der Waals surface area contributed by atoms with Crippen molar-refractivity contribution in [3.8, 4) is 5.75 Å². The molecule has 0 fully saturated rings. The number of hydrogen-bond acceptors (Lipinski definition) is 4. The number of anilines is 1. The van der Waals surface area contributed by atoms with Crippen molar-refractivity contribution in [3.63, 3.8) is 0 Å². The summed E-state index contributed by atoms with van der Waals surface area (Å²) in [5.41, 5.74) is 0.547. The van der Waals surface area contributed by atoms with Crippen LogP contribution in [0.15, 0.2) is 39.3 Å². The molecule has 26 heavy (non-hydrogen) atoms. The van der Waals surface area contributed by atoms with Gasteiger partial charge in [-0.2, -0.15) is 0 Å². The van der Waals surface area contributed by atoms with Crippen LogP contribution >= 0.6 is 55.7 Å². The minimum Gasteiger partial charge on any atom is -0.495 e. The number of rotatable bonds is 4. The summed E-state index contributed by atoms with van der Waals surface area (Å²) in [5.74, 6) is -1.27. The molecule has 0 aliphatic carbocycles. The Hall–Kier alpha value is -1.68. The molecule has 2 rings (SSSR count). The van der Waals surface area contributed by atoms with E-state index in [0.29, 0.717) is 14.7 Å². The van der Waals surface area contributed by atoms with Crippen molar-refractivity contribution >= 4 is 78.4 Å². The number of nitrogens with one attached hydrogen (secondary N) is 2. The van der Waals surface area contributed by atoms with Crippen LogP contribution < -0.4 is 15.4 Å². The van der Waals surface area contributed by atoms with Gasteiger partial charge in [0.2, 0.25) is 0 Å². The topological polar surface area (TPSA) is 87.7 Å². The third kappa shape index (κ3) is 4.94.